The third-order valence-corrected chi connectivity index (χ3v) is 3.06. The molecule has 0 unspecified atom stereocenters. The summed E-state index contributed by atoms with van der Waals surface area (Å²) < 4.78 is 9.87. The Balaban J connectivity index is 2.86. The van der Waals surface area contributed by atoms with Gasteiger partial charge in [0, 0.05) is 0 Å². The molecule has 1 fully saturated rings. The zero-order valence-corrected chi connectivity index (χ0v) is 10.8. The molecule has 1 saturated heterocycles. The maximum Gasteiger partial charge on any atom is 0.226 e. The SMILES string of the molecule is O=CC(=O)[C@H](O[C@@H]1O[C@H](CO)[C@H](O)[C@H](O)[C@H]1O)[C@H](O)CO. The normalized spacial score (nSPS) is 36.0. The molecule has 1 heterocycles. The van der Waals surface area contributed by atoms with Gasteiger partial charge in [0.25, 0.3) is 0 Å². The fraction of sp³-hybridized carbons (Fsp3) is 0.818. The van der Waals surface area contributed by atoms with E-state index in [4.69, 9.17) is 19.7 Å². The molecule has 0 spiro atoms. The molecule has 6 N–H and O–H groups in total. The summed E-state index contributed by atoms with van der Waals surface area (Å²) in [5.41, 5.74) is 0. The molecular formula is C11H18O10. The smallest absolute Gasteiger partial charge is 0.226 e. The average Bonchev–Trinajstić information content (AvgIpc) is 2.50. The number of aldehydes is 1. The molecule has 0 aromatic rings. The Morgan fingerprint density at radius 2 is 1.81 bits per heavy atom. The van der Waals surface area contributed by atoms with Gasteiger partial charge in [0.15, 0.2) is 18.7 Å². The summed E-state index contributed by atoms with van der Waals surface area (Å²) in [6.45, 7) is -1.61. The van der Waals surface area contributed by atoms with Gasteiger partial charge >= 0.3 is 0 Å². The van der Waals surface area contributed by atoms with E-state index >= 15 is 0 Å². The van der Waals surface area contributed by atoms with Crippen molar-refractivity contribution in [2.24, 2.45) is 0 Å². The van der Waals surface area contributed by atoms with Crippen LogP contribution in [0, 0.1) is 0 Å². The van der Waals surface area contributed by atoms with Crippen LogP contribution in [0.4, 0.5) is 0 Å². The molecule has 0 saturated carbocycles. The first-order chi connectivity index (χ1) is 9.87. The van der Waals surface area contributed by atoms with Gasteiger partial charge in [-0.1, -0.05) is 0 Å². The predicted molar refractivity (Wildman–Crippen MR) is 62.8 cm³/mol. The number of ether oxygens (including phenoxy) is 2. The van der Waals surface area contributed by atoms with Gasteiger partial charge in [-0.25, -0.2) is 0 Å². The summed E-state index contributed by atoms with van der Waals surface area (Å²) in [6.07, 6.45) is -11.8. The molecule has 21 heavy (non-hydrogen) atoms. The third-order valence-electron chi connectivity index (χ3n) is 3.06. The summed E-state index contributed by atoms with van der Waals surface area (Å²) in [4.78, 5) is 21.8. The van der Waals surface area contributed by atoms with Crippen molar-refractivity contribution in [3.63, 3.8) is 0 Å². The Bertz CT molecular complexity index is 359. The fourth-order valence-corrected chi connectivity index (χ4v) is 1.83. The summed E-state index contributed by atoms with van der Waals surface area (Å²) in [5.74, 6) is -1.21. The van der Waals surface area contributed by atoms with Crippen LogP contribution in [0.15, 0.2) is 0 Å². The van der Waals surface area contributed by atoms with Crippen molar-refractivity contribution in [3.05, 3.63) is 0 Å². The van der Waals surface area contributed by atoms with Crippen LogP contribution >= 0.6 is 0 Å². The predicted octanol–water partition coefficient (Wildman–Crippen LogP) is -4.71. The molecule has 0 aromatic carbocycles. The van der Waals surface area contributed by atoms with Crippen molar-refractivity contribution in [1.29, 1.82) is 0 Å². The molecule has 10 nitrogen and oxygen atoms in total. The number of rotatable bonds is 7. The lowest BCUT2D eigenvalue weighted by atomic mass is 9.99. The van der Waals surface area contributed by atoms with Gasteiger partial charge in [0.2, 0.25) is 5.78 Å². The van der Waals surface area contributed by atoms with Crippen LogP contribution in [0.25, 0.3) is 0 Å². The van der Waals surface area contributed by atoms with Gasteiger partial charge in [-0.3, -0.25) is 9.59 Å². The Hall–Kier alpha value is -0.980. The Labute approximate surface area is 119 Å². The second kappa shape index (κ2) is 7.87. The van der Waals surface area contributed by atoms with Crippen molar-refractivity contribution >= 4 is 12.1 Å². The van der Waals surface area contributed by atoms with Crippen LogP contribution in [0.1, 0.15) is 0 Å². The van der Waals surface area contributed by atoms with Crippen LogP contribution in [0.2, 0.25) is 0 Å². The van der Waals surface area contributed by atoms with Gasteiger partial charge in [-0.15, -0.1) is 0 Å². The number of hydrogen-bond acceptors (Lipinski definition) is 10. The first-order valence-electron chi connectivity index (χ1n) is 6.11. The lowest BCUT2D eigenvalue weighted by Gasteiger charge is -2.40. The van der Waals surface area contributed by atoms with Gasteiger partial charge in [0.05, 0.1) is 13.2 Å². The van der Waals surface area contributed by atoms with Crippen LogP contribution in [-0.4, -0.2) is 98.8 Å². The van der Waals surface area contributed by atoms with E-state index in [0.717, 1.165) is 0 Å². The number of carbonyl (C=O) groups is 2. The topological polar surface area (TPSA) is 174 Å². The lowest BCUT2D eigenvalue weighted by molar-refractivity contribution is -0.313. The van der Waals surface area contributed by atoms with Gasteiger partial charge in [-0.2, -0.15) is 0 Å². The van der Waals surface area contributed by atoms with E-state index in [-0.39, 0.29) is 6.29 Å². The van der Waals surface area contributed by atoms with E-state index in [0.29, 0.717) is 0 Å². The van der Waals surface area contributed by atoms with Crippen LogP contribution < -0.4 is 0 Å². The second-order valence-electron chi connectivity index (χ2n) is 4.52. The molecule has 0 aliphatic carbocycles. The Kier molecular flexibility index (Phi) is 6.77. The lowest BCUT2D eigenvalue weighted by Crippen LogP contribution is -2.60. The number of aliphatic hydroxyl groups is 6. The molecule has 122 valence electrons. The highest BCUT2D eigenvalue weighted by atomic mass is 16.7. The maximum absolute atomic E-state index is 11.3. The van der Waals surface area contributed by atoms with E-state index in [1.807, 2.05) is 0 Å². The second-order valence-corrected chi connectivity index (χ2v) is 4.52. The quantitative estimate of drug-likeness (QED) is 0.198. The highest BCUT2D eigenvalue weighted by molar-refractivity contribution is 6.27. The Morgan fingerprint density at radius 3 is 2.29 bits per heavy atom. The highest BCUT2D eigenvalue weighted by Crippen LogP contribution is 2.23. The number of aliphatic hydroxyl groups excluding tert-OH is 6. The molecular weight excluding hydrogens is 292 g/mol. The van der Waals surface area contributed by atoms with E-state index in [1.54, 1.807) is 0 Å². The number of Topliss-reactive ketones (excluding diaryl/α,β-unsaturated/α-hetero) is 1. The minimum atomic E-state index is -1.83. The van der Waals surface area contributed by atoms with Crippen LogP contribution in [-0.2, 0) is 19.1 Å². The van der Waals surface area contributed by atoms with E-state index in [2.05, 4.69) is 0 Å². The minimum Gasteiger partial charge on any atom is -0.394 e. The van der Waals surface area contributed by atoms with Crippen molar-refractivity contribution < 1.29 is 49.7 Å². The van der Waals surface area contributed by atoms with Crippen LogP contribution in [0.3, 0.4) is 0 Å². The average molecular weight is 310 g/mol. The van der Waals surface area contributed by atoms with Crippen molar-refractivity contribution in [2.45, 2.75) is 42.9 Å². The van der Waals surface area contributed by atoms with E-state index in [1.165, 1.54) is 0 Å². The third kappa shape index (κ3) is 4.02. The standard InChI is InChI=1S/C11H18O10/c12-1-4(15)10(5(16)2-13)21-11-9(19)8(18)7(17)6(3-14)20-11/h1,5-11,13-14,16-19H,2-3H2/t5-,6-,7+,8+,9-,10+,11+/m1/s1. The van der Waals surface area contributed by atoms with E-state index < -0.39 is 61.9 Å². The highest BCUT2D eigenvalue weighted by Gasteiger charge is 2.46. The van der Waals surface area contributed by atoms with Crippen molar-refractivity contribution in [2.75, 3.05) is 13.2 Å². The molecule has 1 aliphatic rings. The first kappa shape index (κ1) is 18.1. The number of ketones is 1. The molecule has 0 amide bonds. The summed E-state index contributed by atoms with van der Waals surface area (Å²) >= 11 is 0. The van der Waals surface area contributed by atoms with Crippen LogP contribution in [0.5, 0.6) is 0 Å². The minimum absolute atomic E-state index is 0.145. The molecule has 0 aromatic heterocycles. The monoisotopic (exact) mass is 310 g/mol. The van der Waals surface area contributed by atoms with E-state index in [9.17, 15) is 30.0 Å². The zero-order chi connectivity index (χ0) is 16.2. The Morgan fingerprint density at radius 1 is 1.19 bits per heavy atom. The number of hydrogen-bond donors (Lipinski definition) is 6. The maximum atomic E-state index is 11.3. The van der Waals surface area contributed by atoms with Gasteiger partial charge < -0.3 is 40.1 Å². The first-order valence-corrected chi connectivity index (χ1v) is 6.11. The zero-order valence-electron chi connectivity index (χ0n) is 10.8. The molecule has 1 aliphatic heterocycles. The van der Waals surface area contributed by atoms with Gasteiger partial charge in [0.1, 0.15) is 30.5 Å². The molecule has 7 atom stereocenters. The largest absolute Gasteiger partial charge is 0.394 e. The number of carbonyl (C=O) groups excluding carboxylic acids is 2. The summed E-state index contributed by atoms with van der Waals surface area (Å²) in [5, 5.41) is 56.0. The van der Waals surface area contributed by atoms with Gasteiger partial charge in [-0.05, 0) is 0 Å². The van der Waals surface area contributed by atoms with Crippen molar-refractivity contribution in [3.8, 4) is 0 Å². The fourth-order valence-electron chi connectivity index (χ4n) is 1.83. The molecule has 1 rings (SSSR count). The molecule has 0 bridgehead atoms. The molecule has 0 radical (unpaired) electrons. The molecule has 10 heteroatoms. The van der Waals surface area contributed by atoms with Crippen molar-refractivity contribution in [1.82, 2.24) is 0 Å². The summed E-state index contributed by atoms with van der Waals surface area (Å²) in [6, 6.07) is 0. The summed E-state index contributed by atoms with van der Waals surface area (Å²) in [7, 11) is 0.